The lowest BCUT2D eigenvalue weighted by Crippen LogP contribution is -2.41. The van der Waals surface area contributed by atoms with Gasteiger partial charge in [-0.25, -0.2) is 0 Å². The number of hydrogen-bond acceptors (Lipinski definition) is 5. The molecule has 1 aromatic heterocycles. The molecule has 1 aromatic rings. The number of carbonyl (C=O) groups excluding carboxylic acids is 1. The Labute approximate surface area is 132 Å². The summed E-state index contributed by atoms with van der Waals surface area (Å²) in [7, 11) is -0.542. The normalized spacial score (nSPS) is 20.9. The van der Waals surface area contributed by atoms with Gasteiger partial charge in [0.25, 0.3) is 0 Å². The minimum Gasteiger partial charge on any atom is -0.467 e. The van der Waals surface area contributed by atoms with Crippen LogP contribution in [-0.2, 0) is 18.8 Å². The average molecular weight is 308 g/mol. The third-order valence-electron chi connectivity index (χ3n) is 4.42. The molecule has 22 heavy (non-hydrogen) atoms. The largest absolute Gasteiger partial charge is 0.469 e. The number of carbonyl (C=O) groups is 1. The number of rotatable bonds is 5. The van der Waals surface area contributed by atoms with Crippen LogP contribution >= 0.6 is 0 Å². The molecule has 0 saturated carbocycles. The summed E-state index contributed by atoms with van der Waals surface area (Å²) in [5.74, 6) is 0.870. The molecule has 5 nitrogen and oxygen atoms in total. The number of ether oxygens (including phenoxy) is 1. The van der Waals surface area contributed by atoms with Crippen molar-refractivity contribution in [3.05, 3.63) is 23.7 Å². The van der Waals surface area contributed by atoms with E-state index in [4.69, 9.17) is 18.5 Å². The zero-order valence-corrected chi connectivity index (χ0v) is 14.3. The van der Waals surface area contributed by atoms with E-state index in [1.807, 2.05) is 46.8 Å². The molecule has 0 N–H and O–H groups in total. The van der Waals surface area contributed by atoms with Crippen molar-refractivity contribution in [2.24, 2.45) is 0 Å². The number of furan rings is 1. The second kappa shape index (κ2) is 6.09. The van der Waals surface area contributed by atoms with Gasteiger partial charge >= 0.3 is 13.1 Å². The summed E-state index contributed by atoms with van der Waals surface area (Å²) in [5.41, 5.74) is -0.904. The van der Waals surface area contributed by atoms with Crippen molar-refractivity contribution >= 4 is 13.1 Å². The Morgan fingerprint density at radius 3 is 2.27 bits per heavy atom. The molecule has 1 fully saturated rings. The minimum absolute atomic E-state index is 0.164. The third-order valence-corrected chi connectivity index (χ3v) is 4.42. The fraction of sp³-hybridized carbons (Fsp3) is 0.688. The Morgan fingerprint density at radius 2 is 1.82 bits per heavy atom. The number of esters is 1. The highest BCUT2D eigenvalue weighted by Gasteiger charge is 2.55. The van der Waals surface area contributed by atoms with E-state index >= 15 is 0 Å². The van der Waals surface area contributed by atoms with E-state index in [-0.39, 0.29) is 18.2 Å². The predicted molar refractivity (Wildman–Crippen MR) is 83.5 cm³/mol. The molecule has 1 aliphatic heterocycles. The first-order chi connectivity index (χ1) is 10.2. The summed E-state index contributed by atoms with van der Waals surface area (Å²) >= 11 is 0. The molecule has 2 heterocycles. The van der Waals surface area contributed by atoms with Crippen LogP contribution in [0.3, 0.4) is 0 Å². The summed E-state index contributed by atoms with van der Waals surface area (Å²) in [4.78, 5) is 11.9. The van der Waals surface area contributed by atoms with Crippen LogP contribution in [-0.4, -0.2) is 30.9 Å². The van der Waals surface area contributed by atoms with E-state index in [2.05, 4.69) is 0 Å². The van der Waals surface area contributed by atoms with Gasteiger partial charge in [-0.1, -0.05) is 0 Å². The Morgan fingerprint density at radius 1 is 1.23 bits per heavy atom. The highest BCUT2D eigenvalue weighted by molar-refractivity contribution is 6.47. The molecule has 1 unspecified atom stereocenters. The summed E-state index contributed by atoms with van der Waals surface area (Å²) in [5, 5.41) is 0. The summed E-state index contributed by atoms with van der Waals surface area (Å²) in [6, 6.07) is 3.74. The Kier molecular flexibility index (Phi) is 4.73. The molecule has 2 rings (SSSR count). The maximum absolute atomic E-state index is 11.9. The first-order valence-corrected chi connectivity index (χ1v) is 7.74. The van der Waals surface area contributed by atoms with E-state index in [0.717, 1.165) is 5.76 Å². The predicted octanol–water partition coefficient (Wildman–Crippen LogP) is 3.26. The summed E-state index contributed by atoms with van der Waals surface area (Å²) in [6.45, 7) is 12.0. The monoisotopic (exact) mass is 308 g/mol. The standard InChI is InChI=1S/C16H25BO5/c1-7-19-14(18)10-12(13-9-8-11(2)20-13)17-21-15(3,4)16(5,6)22-17/h8-9,12H,7,10H2,1-6H3. The maximum atomic E-state index is 11.9. The summed E-state index contributed by atoms with van der Waals surface area (Å²) in [6.07, 6.45) is 0.164. The topological polar surface area (TPSA) is 57.9 Å². The Bertz CT molecular complexity index is 518. The van der Waals surface area contributed by atoms with Gasteiger partial charge in [-0.2, -0.15) is 0 Å². The molecule has 6 heteroatoms. The van der Waals surface area contributed by atoms with Gasteiger partial charge in [0, 0.05) is 0 Å². The van der Waals surface area contributed by atoms with Crippen LogP contribution in [0.25, 0.3) is 0 Å². The van der Waals surface area contributed by atoms with Gasteiger partial charge in [0.2, 0.25) is 0 Å². The van der Waals surface area contributed by atoms with Crippen LogP contribution < -0.4 is 0 Å². The fourth-order valence-corrected chi connectivity index (χ4v) is 2.44. The van der Waals surface area contributed by atoms with Crippen LogP contribution in [0.15, 0.2) is 16.5 Å². The van der Waals surface area contributed by atoms with Gasteiger partial charge in [0.05, 0.1) is 30.0 Å². The van der Waals surface area contributed by atoms with E-state index in [1.54, 1.807) is 6.92 Å². The van der Waals surface area contributed by atoms with Crippen LogP contribution in [0.4, 0.5) is 0 Å². The van der Waals surface area contributed by atoms with Crippen molar-refractivity contribution in [2.75, 3.05) is 6.61 Å². The minimum atomic E-state index is -0.542. The van der Waals surface area contributed by atoms with Crippen LogP contribution in [0.1, 0.15) is 58.4 Å². The second-order valence-electron chi connectivity index (χ2n) is 6.69. The average Bonchev–Trinajstić information content (AvgIpc) is 2.89. The van der Waals surface area contributed by atoms with Gasteiger partial charge in [0.15, 0.2) is 0 Å². The highest BCUT2D eigenvalue weighted by atomic mass is 16.7. The van der Waals surface area contributed by atoms with Crippen molar-refractivity contribution in [3.8, 4) is 0 Å². The zero-order chi connectivity index (χ0) is 16.5. The zero-order valence-electron chi connectivity index (χ0n) is 14.3. The Balaban J connectivity index is 2.24. The summed E-state index contributed by atoms with van der Waals surface area (Å²) < 4.78 is 22.9. The van der Waals surface area contributed by atoms with Crippen LogP contribution in [0, 0.1) is 6.92 Å². The number of hydrogen-bond donors (Lipinski definition) is 0. The highest BCUT2D eigenvalue weighted by Crippen LogP contribution is 2.42. The third kappa shape index (κ3) is 3.38. The first kappa shape index (κ1) is 17.1. The molecule has 0 aromatic carbocycles. The molecule has 0 bridgehead atoms. The van der Waals surface area contributed by atoms with E-state index < -0.39 is 18.3 Å². The molecule has 1 atom stereocenters. The van der Waals surface area contributed by atoms with Gasteiger partial charge in [-0.05, 0) is 53.7 Å². The Hall–Kier alpha value is -1.27. The fourth-order valence-electron chi connectivity index (χ4n) is 2.44. The van der Waals surface area contributed by atoms with Gasteiger partial charge < -0.3 is 18.5 Å². The lowest BCUT2D eigenvalue weighted by atomic mass is 9.68. The molecular weight excluding hydrogens is 283 g/mol. The molecular formula is C16H25BO5. The second-order valence-corrected chi connectivity index (χ2v) is 6.69. The van der Waals surface area contributed by atoms with Crippen molar-refractivity contribution in [1.29, 1.82) is 0 Å². The van der Waals surface area contributed by atoms with Crippen molar-refractivity contribution < 1.29 is 23.3 Å². The molecule has 0 amide bonds. The smallest absolute Gasteiger partial charge is 0.467 e. The van der Waals surface area contributed by atoms with E-state index in [1.165, 1.54) is 0 Å². The van der Waals surface area contributed by atoms with E-state index in [9.17, 15) is 4.79 Å². The van der Waals surface area contributed by atoms with Crippen LogP contribution in [0.2, 0.25) is 0 Å². The van der Waals surface area contributed by atoms with Crippen molar-refractivity contribution in [1.82, 2.24) is 0 Å². The molecule has 0 spiro atoms. The molecule has 1 saturated heterocycles. The van der Waals surface area contributed by atoms with Crippen LogP contribution in [0.5, 0.6) is 0 Å². The molecule has 0 radical (unpaired) electrons. The molecule has 1 aliphatic rings. The maximum Gasteiger partial charge on any atom is 0.469 e. The molecule has 0 aliphatic carbocycles. The SMILES string of the molecule is CCOC(=O)CC(B1OC(C)(C)C(C)(C)O1)c1ccc(C)o1. The number of aryl methyl sites for hydroxylation is 1. The van der Waals surface area contributed by atoms with Gasteiger partial charge in [0.1, 0.15) is 11.5 Å². The quantitative estimate of drug-likeness (QED) is 0.617. The van der Waals surface area contributed by atoms with Crippen molar-refractivity contribution in [3.63, 3.8) is 0 Å². The van der Waals surface area contributed by atoms with Gasteiger partial charge in [-0.3, -0.25) is 4.79 Å². The lowest BCUT2D eigenvalue weighted by molar-refractivity contribution is -0.143. The van der Waals surface area contributed by atoms with Gasteiger partial charge in [-0.15, -0.1) is 0 Å². The first-order valence-electron chi connectivity index (χ1n) is 7.74. The van der Waals surface area contributed by atoms with Crippen molar-refractivity contribution in [2.45, 2.75) is 65.0 Å². The van der Waals surface area contributed by atoms with E-state index in [0.29, 0.717) is 12.4 Å². The lowest BCUT2D eigenvalue weighted by Gasteiger charge is -2.32. The molecule has 122 valence electrons.